The van der Waals surface area contributed by atoms with Crippen LogP contribution in [0.15, 0.2) is 0 Å². The van der Waals surface area contributed by atoms with Crippen molar-refractivity contribution in [2.45, 2.75) is 40.2 Å². The molecule has 0 aliphatic carbocycles. The van der Waals surface area contributed by atoms with E-state index in [0.717, 1.165) is 6.42 Å². The van der Waals surface area contributed by atoms with Crippen LogP contribution in [0.5, 0.6) is 0 Å². The summed E-state index contributed by atoms with van der Waals surface area (Å²) in [6.45, 7) is 8.65. The molecule has 0 aromatic carbocycles. The van der Waals surface area contributed by atoms with Crippen molar-refractivity contribution in [3.05, 3.63) is 0 Å². The number of hydrogen-bond donors (Lipinski definition) is 1. The second kappa shape index (κ2) is 5.22. The standard InChI is InChI=1S/C10H21NO2/c1-6-8(2)11-7-10(3,4)9(12)13-5/h8,11H,6-7H2,1-5H3. The largest absolute Gasteiger partial charge is 0.469 e. The zero-order valence-corrected chi connectivity index (χ0v) is 9.31. The second-order valence-corrected chi connectivity index (χ2v) is 4.07. The van der Waals surface area contributed by atoms with Crippen LogP contribution < -0.4 is 5.32 Å². The van der Waals surface area contributed by atoms with Crippen LogP contribution in [-0.4, -0.2) is 25.7 Å². The number of esters is 1. The Balaban J connectivity index is 3.95. The van der Waals surface area contributed by atoms with Crippen molar-refractivity contribution < 1.29 is 9.53 Å². The highest BCUT2D eigenvalue weighted by molar-refractivity contribution is 5.76. The molecule has 1 atom stereocenters. The first kappa shape index (κ1) is 12.4. The minimum absolute atomic E-state index is 0.164. The average molecular weight is 187 g/mol. The normalized spacial score (nSPS) is 13.9. The third-order valence-electron chi connectivity index (χ3n) is 2.24. The van der Waals surface area contributed by atoms with Crippen LogP contribution in [0.1, 0.15) is 34.1 Å². The molecule has 0 aliphatic rings. The smallest absolute Gasteiger partial charge is 0.312 e. The molecule has 0 saturated carbocycles. The topological polar surface area (TPSA) is 38.3 Å². The molecule has 0 aromatic heterocycles. The number of ether oxygens (including phenoxy) is 1. The van der Waals surface area contributed by atoms with E-state index in [4.69, 9.17) is 4.74 Å². The van der Waals surface area contributed by atoms with Crippen molar-refractivity contribution >= 4 is 5.97 Å². The summed E-state index contributed by atoms with van der Waals surface area (Å²) in [7, 11) is 1.42. The van der Waals surface area contributed by atoms with E-state index in [1.165, 1.54) is 7.11 Å². The molecule has 0 aliphatic heterocycles. The lowest BCUT2D eigenvalue weighted by Crippen LogP contribution is -2.40. The Kier molecular flexibility index (Phi) is 4.99. The molecule has 0 bridgehead atoms. The molecule has 13 heavy (non-hydrogen) atoms. The van der Waals surface area contributed by atoms with Crippen LogP contribution in [0.4, 0.5) is 0 Å². The molecule has 1 unspecified atom stereocenters. The number of rotatable bonds is 5. The third kappa shape index (κ3) is 4.27. The Labute approximate surface area is 80.8 Å². The third-order valence-corrected chi connectivity index (χ3v) is 2.24. The molecular formula is C10H21NO2. The van der Waals surface area contributed by atoms with E-state index in [9.17, 15) is 4.79 Å². The van der Waals surface area contributed by atoms with Crippen LogP contribution in [-0.2, 0) is 9.53 Å². The summed E-state index contributed by atoms with van der Waals surface area (Å²) >= 11 is 0. The van der Waals surface area contributed by atoms with Gasteiger partial charge in [0, 0.05) is 12.6 Å². The summed E-state index contributed by atoms with van der Waals surface area (Å²) in [6.07, 6.45) is 1.07. The monoisotopic (exact) mass is 187 g/mol. The van der Waals surface area contributed by atoms with Gasteiger partial charge in [0.15, 0.2) is 0 Å². The van der Waals surface area contributed by atoms with Gasteiger partial charge in [-0.05, 0) is 27.2 Å². The number of hydrogen-bond acceptors (Lipinski definition) is 3. The molecular weight excluding hydrogens is 166 g/mol. The van der Waals surface area contributed by atoms with Gasteiger partial charge in [-0.25, -0.2) is 0 Å². The second-order valence-electron chi connectivity index (χ2n) is 4.07. The van der Waals surface area contributed by atoms with Gasteiger partial charge in [0.2, 0.25) is 0 Å². The highest BCUT2D eigenvalue weighted by Gasteiger charge is 2.28. The molecule has 0 aromatic rings. The zero-order chi connectivity index (χ0) is 10.5. The van der Waals surface area contributed by atoms with E-state index < -0.39 is 5.41 Å². The molecule has 0 spiro atoms. The molecule has 78 valence electrons. The quantitative estimate of drug-likeness (QED) is 0.664. The van der Waals surface area contributed by atoms with E-state index in [-0.39, 0.29) is 5.97 Å². The fraction of sp³-hybridized carbons (Fsp3) is 0.900. The lowest BCUT2D eigenvalue weighted by atomic mass is 9.93. The van der Waals surface area contributed by atoms with Gasteiger partial charge in [0.25, 0.3) is 0 Å². The summed E-state index contributed by atoms with van der Waals surface area (Å²) < 4.78 is 4.70. The summed E-state index contributed by atoms with van der Waals surface area (Å²) in [6, 6.07) is 0.448. The van der Waals surface area contributed by atoms with Crippen molar-refractivity contribution in [3.63, 3.8) is 0 Å². The van der Waals surface area contributed by atoms with Gasteiger partial charge in [-0.1, -0.05) is 6.92 Å². The fourth-order valence-corrected chi connectivity index (χ4v) is 0.922. The van der Waals surface area contributed by atoms with E-state index >= 15 is 0 Å². The lowest BCUT2D eigenvalue weighted by molar-refractivity contribution is -0.150. The molecule has 0 saturated heterocycles. The molecule has 0 radical (unpaired) electrons. The summed E-state index contributed by atoms with van der Waals surface area (Å²) in [5, 5.41) is 3.29. The molecule has 3 heteroatoms. The fourth-order valence-electron chi connectivity index (χ4n) is 0.922. The van der Waals surface area contributed by atoms with Gasteiger partial charge in [-0.3, -0.25) is 4.79 Å². The predicted molar refractivity (Wildman–Crippen MR) is 53.6 cm³/mol. The first-order chi connectivity index (χ1) is 5.94. The summed E-state index contributed by atoms with van der Waals surface area (Å²) in [5.41, 5.74) is -0.432. The van der Waals surface area contributed by atoms with Gasteiger partial charge in [-0.2, -0.15) is 0 Å². The zero-order valence-electron chi connectivity index (χ0n) is 9.31. The Bertz CT molecular complexity index is 166. The molecule has 1 N–H and O–H groups in total. The lowest BCUT2D eigenvalue weighted by Gasteiger charge is -2.23. The molecule has 0 amide bonds. The van der Waals surface area contributed by atoms with E-state index in [0.29, 0.717) is 12.6 Å². The SMILES string of the molecule is CCC(C)NCC(C)(C)C(=O)OC. The van der Waals surface area contributed by atoms with Gasteiger partial charge < -0.3 is 10.1 Å². The maximum absolute atomic E-state index is 11.3. The minimum atomic E-state index is -0.432. The van der Waals surface area contributed by atoms with Crippen molar-refractivity contribution in [2.75, 3.05) is 13.7 Å². The summed E-state index contributed by atoms with van der Waals surface area (Å²) in [5.74, 6) is -0.164. The molecule has 0 heterocycles. The van der Waals surface area contributed by atoms with E-state index in [2.05, 4.69) is 19.2 Å². The van der Waals surface area contributed by atoms with Crippen LogP contribution in [0, 0.1) is 5.41 Å². The molecule has 3 nitrogen and oxygen atoms in total. The number of carbonyl (C=O) groups is 1. The Hall–Kier alpha value is -0.570. The van der Waals surface area contributed by atoms with Gasteiger partial charge >= 0.3 is 5.97 Å². The Morgan fingerprint density at radius 1 is 1.54 bits per heavy atom. The maximum atomic E-state index is 11.3. The number of methoxy groups -OCH3 is 1. The van der Waals surface area contributed by atoms with Crippen LogP contribution in [0.2, 0.25) is 0 Å². The van der Waals surface area contributed by atoms with E-state index in [1.807, 2.05) is 13.8 Å². The van der Waals surface area contributed by atoms with Crippen molar-refractivity contribution in [1.82, 2.24) is 5.32 Å². The van der Waals surface area contributed by atoms with Crippen molar-refractivity contribution in [1.29, 1.82) is 0 Å². The van der Waals surface area contributed by atoms with Crippen molar-refractivity contribution in [3.8, 4) is 0 Å². The predicted octanol–water partition coefficient (Wildman–Crippen LogP) is 1.57. The van der Waals surface area contributed by atoms with Gasteiger partial charge in [0.05, 0.1) is 12.5 Å². The first-order valence-corrected chi connectivity index (χ1v) is 4.75. The Morgan fingerprint density at radius 2 is 2.08 bits per heavy atom. The van der Waals surface area contributed by atoms with Crippen LogP contribution in [0.25, 0.3) is 0 Å². The minimum Gasteiger partial charge on any atom is -0.469 e. The average Bonchev–Trinajstić information content (AvgIpc) is 2.12. The van der Waals surface area contributed by atoms with Gasteiger partial charge in [0.1, 0.15) is 0 Å². The Morgan fingerprint density at radius 3 is 2.46 bits per heavy atom. The highest BCUT2D eigenvalue weighted by Crippen LogP contribution is 2.15. The molecule has 0 fully saturated rings. The first-order valence-electron chi connectivity index (χ1n) is 4.75. The molecule has 0 rings (SSSR count). The van der Waals surface area contributed by atoms with Crippen LogP contribution in [0.3, 0.4) is 0 Å². The van der Waals surface area contributed by atoms with Crippen LogP contribution >= 0.6 is 0 Å². The maximum Gasteiger partial charge on any atom is 0.312 e. The highest BCUT2D eigenvalue weighted by atomic mass is 16.5. The number of nitrogens with one attached hydrogen (secondary N) is 1. The van der Waals surface area contributed by atoms with Crippen molar-refractivity contribution in [2.24, 2.45) is 5.41 Å². The van der Waals surface area contributed by atoms with Gasteiger partial charge in [-0.15, -0.1) is 0 Å². The number of carbonyl (C=O) groups excluding carboxylic acids is 1. The summed E-state index contributed by atoms with van der Waals surface area (Å²) in [4.78, 5) is 11.3. The van der Waals surface area contributed by atoms with E-state index in [1.54, 1.807) is 0 Å².